The van der Waals surface area contributed by atoms with Crippen LogP contribution in [0.15, 0.2) is 17.1 Å². The van der Waals surface area contributed by atoms with Crippen molar-refractivity contribution >= 4 is 22.8 Å². The molecule has 0 aromatic carbocycles. The Kier molecular flexibility index (Phi) is 3.63. The van der Waals surface area contributed by atoms with Crippen molar-refractivity contribution in [1.29, 1.82) is 0 Å². The lowest BCUT2D eigenvalue weighted by Gasteiger charge is -2.40. The first-order valence-corrected chi connectivity index (χ1v) is 9.33. The maximum atomic E-state index is 12.4. The van der Waals surface area contributed by atoms with Gasteiger partial charge >= 0.3 is 0 Å². The van der Waals surface area contributed by atoms with Crippen molar-refractivity contribution in [3.63, 3.8) is 0 Å². The molecule has 1 aliphatic carbocycles. The van der Waals surface area contributed by atoms with Crippen LogP contribution in [-0.2, 0) is 26.9 Å². The Labute approximate surface area is 156 Å². The summed E-state index contributed by atoms with van der Waals surface area (Å²) in [6.45, 7) is 2.62. The number of fused-ring (bicyclic) bond motifs is 2. The fraction of sp³-hybridized carbons (Fsp3) is 0.500. The number of anilines is 2. The van der Waals surface area contributed by atoms with Gasteiger partial charge in [0.05, 0.1) is 5.69 Å². The molecule has 5 rings (SSSR count). The lowest BCUT2D eigenvalue weighted by molar-refractivity contribution is 0.424. The van der Waals surface area contributed by atoms with Crippen LogP contribution < -0.4 is 15.8 Å². The smallest absolute Gasteiger partial charge is 0.265 e. The SMILES string of the molecule is Cn1cc2c(=O)n(C)c(NCC3CN(c4cc5c(nn4)CCC5)C3)nc2n1. The van der Waals surface area contributed by atoms with Gasteiger partial charge in [-0.05, 0) is 30.9 Å². The number of rotatable bonds is 4. The van der Waals surface area contributed by atoms with Gasteiger partial charge in [-0.3, -0.25) is 14.0 Å². The van der Waals surface area contributed by atoms with E-state index in [0.717, 1.165) is 44.0 Å². The van der Waals surface area contributed by atoms with Crippen molar-refractivity contribution in [2.75, 3.05) is 29.9 Å². The number of hydrogen-bond acceptors (Lipinski definition) is 7. The van der Waals surface area contributed by atoms with E-state index in [9.17, 15) is 4.79 Å². The molecule has 9 heteroatoms. The molecule has 0 unspecified atom stereocenters. The molecule has 0 spiro atoms. The predicted molar refractivity (Wildman–Crippen MR) is 102 cm³/mol. The van der Waals surface area contributed by atoms with E-state index in [1.807, 2.05) is 0 Å². The minimum absolute atomic E-state index is 0.0840. The van der Waals surface area contributed by atoms with Crippen molar-refractivity contribution in [2.24, 2.45) is 20.0 Å². The summed E-state index contributed by atoms with van der Waals surface area (Å²) in [4.78, 5) is 19.2. The standard InChI is InChI=1S/C18H22N8O/c1-24-10-13-16(23-24)20-18(25(2)17(13)27)19-7-11-8-26(9-11)15-6-12-4-3-5-14(12)21-22-15/h6,10-11H,3-5,7-9H2,1-2H3,(H,19,20,23). The molecule has 1 aliphatic heterocycles. The van der Waals surface area contributed by atoms with Crippen molar-refractivity contribution in [1.82, 2.24) is 29.5 Å². The topological polar surface area (TPSA) is 93.8 Å². The molecule has 0 bridgehead atoms. The summed E-state index contributed by atoms with van der Waals surface area (Å²) in [5.74, 6) is 2.02. The summed E-state index contributed by atoms with van der Waals surface area (Å²) >= 11 is 0. The zero-order valence-corrected chi connectivity index (χ0v) is 15.5. The van der Waals surface area contributed by atoms with E-state index in [1.165, 1.54) is 12.0 Å². The number of nitrogens with one attached hydrogen (secondary N) is 1. The molecule has 1 N–H and O–H groups in total. The maximum absolute atomic E-state index is 12.4. The van der Waals surface area contributed by atoms with Crippen LogP contribution >= 0.6 is 0 Å². The van der Waals surface area contributed by atoms with Gasteiger partial charge in [-0.15, -0.1) is 5.10 Å². The van der Waals surface area contributed by atoms with Crippen LogP contribution in [0.25, 0.3) is 11.0 Å². The summed E-state index contributed by atoms with van der Waals surface area (Å²) in [6, 6.07) is 2.19. The van der Waals surface area contributed by atoms with Crippen LogP contribution in [0.5, 0.6) is 0 Å². The summed E-state index contributed by atoms with van der Waals surface area (Å²) in [5, 5.41) is 16.8. The minimum atomic E-state index is -0.0840. The third-order valence-electron chi connectivity index (χ3n) is 5.51. The lowest BCUT2D eigenvalue weighted by atomic mass is 10.00. The molecular weight excluding hydrogens is 344 g/mol. The molecule has 4 heterocycles. The Morgan fingerprint density at radius 2 is 2.07 bits per heavy atom. The number of hydrogen-bond donors (Lipinski definition) is 1. The molecule has 0 amide bonds. The third kappa shape index (κ3) is 2.73. The molecule has 140 valence electrons. The number of nitrogens with zero attached hydrogens (tertiary/aromatic N) is 7. The quantitative estimate of drug-likeness (QED) is 0.718. The van der Waals surface area contributed by atoms with Crippen molar-refractivity contribution in [3.05, 3.63) is 33.9 Å². The molecule has 3 aromatic rings. The molecule has 9 nitrogen and oxygen atoms in total. The van der Waals surface area contributed by atoms with E-state index < -0.39 is 0 Å². The van der Waals surface area contributed by atoms with E-state index in [4.69, 9.17) is 0 Å². The molecule has 27 heavy (non-hydrogen) atoms. The van der Waals surface area contributed by atoms with Crippen LogP contribution in [0, 0.1) is 5.92 Å². The summed E-state index contributed by atoms with van der Waals surface area (Å²) in [5.41, 5.74) is 2.91. The third-order valence-corrected chi connectivity index (χ3v) is 5.51. The van der Waals surface area contributed by atoms with Gasteiger partial charge in [0.2, 0.25) is 5.95 Å². The van der Waals surface area contributed by atoms with Crippen LogP contribution in [0.2, 0.25) is 0 Å². The molecule has 1 saturated heterocycles. The van der Waals surface area contributed by atoms with Gasteiger partial charge in [0.1, 0.15) is 5.39 Å². The average molecular weight is 366 g/mol. The summed E-state index contributed by atoms with van der Waals surface area (Å²) in [7, 11) is 3.52. The van der Waals surface area contributed by atoms with E-state index in [-0.39, 0.29) is 5.56 Å². The fourth-order valence-electron chi connectivity index (χ4n) is 3.91. The largest absolute Gasteiger partial charge is 0.355 e. The Morgan fingerprint density at radius 3 is 2.93 bits per heavy atom. The Bertz CT molecular complexity index is 1080. The Hall–Kier alpha value is -2.97. The first-order chi connectivity index (χ1) is 13.1. The molecule has 0 atom stereocenters. The van der Waals surface area contributed by atoms with Gasteiger partial charge in [-0.1, -0.05) is 0 Å². The maximum Gasteiger partial charge on any atom is 0.265 e. The Morgan fingerprint density at radius 1 is 1.22 bits per heavy atom. The van der Waals surface area contributed by atoms with Gasteiger partial charge < -0.3 is 10.2 Å². The van der Waals surface area contributed by atoms with Gasteiger partial charge in [-0.2, -0.15) is 15.2 Å². The highest BCUT2D eigenvalue weighted by Crippen LogP contribution is 2.27. The second-order valence-electron chi connectivity index (χ2n) is 7.52. The van der Waals surface area contributed by atoms with E-state index in [1.54, 1.807) is 29.5 Å². The summed E-state index contributed by atoms with van der Waals surface area (Å²) in [6.07, 6.45) is 5.07. The predicted octanol–water partition coefficient (Wildman–Crippen LogP) is 0.494. The molecule has 0 saturated carbocycles. The highest BCUT2D eigenvalue weighted by atomic mass is 16.1. The van der Waals surface area contributed by atoms with Gasteiger partial charge in [0, 0.05) is 45.8 Å². The van der Waals surface area contributed by atoms with Crippen molar-refractivity contribution in [2.45, 2.75) is 19.3 Å². The highest BCUT2D eigenvalue weighted by molar-refractivity contribution is 5.74. The zero-order valence-electron chi connectivity index (χ0n) is 15.5. The second-order valence-corrected chi connectivity index (χ2v) is 7.52. The van der Waals surface area contributed by atoms with Crippen LogP contribution in [0.4, 0.5) is 11.8 Å². The van der Waals surface area contributed by atoms with Crippen molar-refractivity contribution < 1.29 is 0 Å². The normalized spacial score (nSPS) is 16.6. The van der Waals surface area contributed by atoms with E-state index >= 15 is 0 Å². The monoisotopic (exact) mass is 366 g/mol. The van der Waals surface area contributed by atoms with Gasteiger partial charge in [0.25, 0.3) is 5.56 Å². The molecule has 1 fully saturated rings. The first-order valence-electron chi connectivity index (χ1n) is 9.33. The molecule has 3 aromatic heterocycles. The average Bonchev–Trinajstić information content (AvgIpc) is 3.23. The molecular formula is C18H22N8O. The van der Waals surface area contributed by atoms with Crippen LogP contribution in [0.3, 0.4) is 0 Å². The lowest BCUT2D eigenvalue weighted by Crippen LogP contribution is -2.50. The Balaban J connectivity index is 1.24. The summed E-state index contributed by atoms with van der Waals surface area (Å²) < 4.78 is 3.16. The van der Waals surface area contributed by atoms with Crippen LogP contribution in [0.1, 0.15) is 17.7 Å². The zero-order chi connectivity index (χ0) is 18.5. The second kappa shape index (κ2) is 6.04. The number of aromatic nitrogens is 6. The first kappa shape index (κ1) is 16.2. The van der Waals surface area contributed by atoms with E-state index in [0.29, 0.717) is 22.9 Å². The van der Waals surface area contributed by atoms with Crippen molar-refractivity contribution in [3.8, 4) is 0 Å². The van der Waals surface area contributed by atoms with Gasteiger partial charge in [0.15, 0.2) is 11.5 Å². The highest BCUT2D eigenvalue weighted by Gasteiger charge is 2.29. The molecule has 2 aliphatic rings. The van der Waals surface area contributed by atoms with Crippen LogP contribution in [-0.4, -0.2) is 49.2 Å². The fourth-order valence-corrected chi connectivity index (χ4v) is 3.91. The number of aryl methyl sites for hydroxylation is 3. The van der Waals surface area contributed by atoms with Gasteiger partial charge in [-0.25, -0.2) is 0 Å². The minimum Gasteiger partial charge on any atom is -0.355 e. The van der Waals surface area contributed by atoms with E-state index in [2.05, 4.69) is 36.6 Å². The molecule has 0 radical (unpaired) electrons.